The fraction of sp³-hybridized carbons (Fsp3) is 0.318. The van der Waals surface area contributed by atoms with Crippen LogP contribution in [-0.4, -0.2) is 51.1 Å². The summed E-state index contributed by atoms with van der Waals surface area (Å²) in [6.45, 7) is 4.66. The third-order valence-electron chi connectivity index (χ3n) is 4.50. The zero-order valence-corrected chi connectivity index (χ0v) is 19.1. The summed E-state index contributed by atoms with van der Waals surface area (Å²) in [5, 5.41) is 14.2. The van der Waals surface area contributed by atoms with Crippen molar-refractivity contribution >= 4 is 23.7 Å². The number of nitrogens with zero attached hydrogens (tertiary/aromatic N) is 4. The molecule has 0 atom stereocenters. The van der Waals surface area contributed by atoms with Crippen LogP contribution < -0.4 is 15.4 Å². The Hall–Kier alpha value is -3.40. The van der Waals surface area contributed by atoms with Crippen molar-refractivity contribution in [2.45, 2.75) is 25.4 Å². The number of pyridine rings is 1. The Morgan fingerprint density at radius 3 is 2.47 bits per heavy atom. The second-order valence-corrected chi connectivity index (χ2v) is 8.29. The fourth-order valence-corrected chi connectivity index (χ4v) is 3.58. The number of hydrogen-bond donors (Lipinski definition) is 2. The molecule has 0 unspecified atom stereocenters. The number of carbonyl (C=O) groups excluding carboxylic acids is 2. The van der Waals surface area contributed by atoms with Gasteiger partial charge in [-0.05, 0) is 48.7 Å². The van der Waals surface area contributed by atoms with Gasteiger partial charge in [0.25, 0.3) is 0 Å². The molecule has 2 N–H and O–H groups in total. The number of ether oxygens (including phenoxy) is 1. The normalized spacial score (nSPS) is 10.8. The average Bonchev–Trinajstić information content (AvgIpc) is 3.22. The minimum Gasteiger partial charge on any atom is -0.497 e. The van der Waals surface area contributed by atoms with Gasteiger partial charge in [0.05, 0.1) is 12.9 Å². The van der Waals surface area contributed by atoms with Gasteiger partial charge in [-0.15, -0.1) is 10.2 Å². The Morgan fingerprint density at radius 2 is 1.81 bits per heavy atom. The molecule has 0 aliphatic rings. The van der Waals surface area contributed by atoms with E-state index in [1.165, 1.54) is 11.8 Å². The lowest BCUT2D eigenvalue weighted by molar-refractivity contribution is -0.117. The molecule has 32 heavy (non-hydrogen) atoms. The van der Waals surface area contributed by atoms with Crippen LogP contribution >= 0.6 is 11.8 Å². The molecule has 3 aromatic rings. The van der Waals surface area contributed by atoms with E-state index in [0.717, 1.165) is 23.4 Å². The van der Waals surface area contributed by atoms with Gasteiger partial charge in [-0.1, -0.05) is 25.6 Å². The van der Waals surface area contributed by atoms with E-state index in [2.05, 4.69) is 39.7 Å². The van der Waals surface area contributed by atoms with Crippen LogP contribution in [0.4, 0.5) is 4.79 Å². The molecule has 3 amide bonds. The summed E-state index contributed by atoms with van der Waals surface area (Å²) < 4.78 is 7.10. The summed E-state index contributed by atoms with van der Waals surface area (Å²) in [4.78, 5) is 28.2. The highest BCUT2D eigenvalue weighted by Crippen LogP contribution is 2.28. The first-order valence-corrected chi connectivity index (χ1v) is 11.2. The molecule has 0 spiro atoms. The van der Waals surface area contributed by atoms with Crippen LogP contribution in [0.5, 0.6) is 5.75 Å². The van der Waals surface area contributed by atoms with Crippen molar-refractivity contribution in [1.29, 1.82) is 0 Å². The SMILES string of the molecule is COc1ccc(-n2c(SCC(=O)NC(=O)NCCC(C)C)nnc2-c2ccncc2)cc1. The smallest absolute Gasteiger partial charge is 0.321 e. The number of nitrogens with one attached hydrogen (secondary N) is 2. The second-order valence-electron chi connectivity index (χ2n) is 7.35. The second kappa shape index (κ2) is 11.3. The number of aromatic nitrogens is 4. The van der Waals surface area contributed by atoms with Gasteiger partial charge >= 0.3 is 6.03 Å². The number of carbonyl (C=O) groups is 2. The van der Waals surface area contributed by atoms with Crippen LogP contribution in [0, 0.1) is 5.92 Å². The van der Waals surface area contributed by atoms with Gasteiger partial charge in [-0.3, -0.25) is 19.7 Å². The van der Waals surface area contributed by atoms with Gasteiger partial charge in [0.2, 0.25) is 5.91 Å². The number of urea groups is 1. The molecule has 10 heteroatoms. The van der Waals surface area contributed by atoms with Crippen molar-refractivity contribution in [1.82, 2.24) is 30.4 Å². The lowest BCUT2D eigenvalue weighted by atomic mass is 10.1. The maximum atomic E-state index is 12.3. The molecule has 168 valence electrons. The van der Waals surface area contributed by atoms with Gasteiger partial charge < -0.3 is 10.1 Å². The van der Waals surface area contributed by atoms with E-state index in [1.54, 1.807) is 19.5 Å². The van der Waals surface area contributed by atoms with Gasteiger partial charge in [0, 0.05) is 30.2 Å². The van der Waals surface area contributed by atoms with Gasteiger partial charge in [0.15, 0.2) is 11.0 Å². The van der Waals surface area contributed by atoms with Crippen molar-refractivity contribution in [3.8, 4) is 22.8 Å². The summed E-state index contributed by atoms with van der Waals surface area (Å²) in [6.07, 6.45) is 4.21. The van der Waals surface area contributed by atoms with E-state index in [0.29, 0.717) is 23.4 Å². The summed E-state index contributed by atoms with van der Waals surface area (Å²) in [6, 6.07) is 10.6. The molecule has 9 nitrogen and oxygen atoms in total. The summed E-state index contributed by atoms with van der Waals surface area (Å²) in [7, 11) is 1.61. The minimum absolute atomic E-state index is 0.0161. The zero-order chi connectivity index (χ0) is 22.9. The Labute approximate surface area is 191 Å². The van der Waals surface area contributed by atoms with E-state index in [9.17, 15) is 9.59 Å². The van der Waals surface area contributed by atoms with E-state index in [-0.39, 0.29) is 5.75 Å². The first kappa shape index (κ1) is 23.3. The minimum atomic E-state index is -0.495. The Bertz CT molecular complexity index is 1040. The predicted molar refractivity (Wildman–Crippen MR) is 123 cm³/mol. The van der Waals surface area contributed by atoms with Crippen molar-refractivity contribution in [3.05, 3.63) is 48.8 Å². The molecule has 1 aromatic carbocycles. The van der Waals surface area contributed by atoms with Crippen LogP contribution in [0.15, 0.2) is 53.9 Å². The summed E-state index contributed by atoms with van der Waals surface area (Å²) in [5.41, 5.74) is 1.65. The number of thioether (sulfide) groups is 1. The topological polar surface area (TPSA) is 111 Å². The first-order valence-electron chi connectivity index (χ1n) is 10.2. The number of amides is 3. The fourth-order valence-electron chi connectivity index (χ4n) is 2.83. The third-order valence-corrected chi connectivity index (χ3v) is 5.42. The quantitative estimate of drug-likeness (QED) is 0.477. The number of benzene rings is 1. The molecular weight excluding hydrogens is 428 g/mol. The average molecular weight is 455 g/mol. The van der Waals surface area contributed by atoms with Crippen molar-refractivity contribution in [2.24, 2.45) is 5.92 Å². The van der Waals surface area contributed by atoms with E-state index < -0.39 is 11.9 Å². The van der Waals surface area contributed by atoms with Crippen LogP contribution in [-0.2, 0) is 4.79 Å². The van der Waals surface area contributed by atoms with Crippen LogP contribution in [0.25, 0.3) is 17.1 Å². The number of hydrogen-bond acceptors (Lipinski definition) is 7. The summed E-state index contributed by atoms with van der Waals surface area (Å²) >= 11 is 1.20. The molecule has 0 saturated carbocycles. The largest absolute Gasteiger partial charge is 0.497 e. The van der Waals surface area contributed by atoms with E-state index >= 15 is 0 Å². The monoisotopic (exact) mass is 454 g/mol. The van der Waals surface area contributed by atoms with Crippen LogP contribution in [0.2, 0.25) is 0 Å². The molecule has 0 aliphatic heterocycles. The molecule has 2 aromatic heterocycles. The van der Waals surface area contributed by atoms with Crippen molar-refractivity contribution < 1.29 is 14.3 Å². The third kappa shape index (κ3) is 6.30. The molecule has 0 radical (unpaired) electrons. The van der Waals surface area contributed by atoms with E-state index in [4.69, 9.17) is 4.74 Å². The lowest BCUT2D eigenvalue weighted by Crippen LogP contribution is -2.40. The highest BCUT2D eigenvalue weighted by molar-refractivity contribution is 7.99. The van der Waals surface area contributed by atoms with Crippen LogP contribution in [0.3, 0.4) is 0 Å². The molecule has 0 aliphatic carbocycles. The highest BCUT2D eigenvalue weighted by Gasteiger charge is 2.18. The van der Waals surface area contributed by atoms with Gasteiger partial charge in [0.1, 0.15) is 5.75 Å². The standard InChI is InChI=1S/C22H26N6O3S/c1-15(2)8-13-24-21(30)25-19(29)14-32-22-27-26-20(16-9-11-23-12-10-16)28(22)17-4-6-18(31-3)7-5-17/h4-7,9-12,15H,8,13-14H2,1-3H3,(H2,24,25,29,30). The molecule has 0 saturated heterocycles. The highest BCUT2D eigenvalue weighted by atomic mass is 32.2. The lowest BCUT2D eigenvalue weighted by Gasteiger charge is -2.11. The van der Waals surface area contributed by atoms with Crippen molar-refractivity contribution in [2.75, 3.05) is 19.4 Å². The van der Waals surface area contributed by atoms with Gasteiger partial charge in [-0.25, -0.2) is 4.79 Å². The number of imide groups is 1. The Kier molecular flexibility index (Phi) is 8.20. The first-order chi connectivity index (χ1) is 15.5. The van der Waals surface area contributed by atoms with Gasteiger partial charge in [-0.2, -0.15) is 0 Å². The molecule has 0 fully saturated rings. The number of methoxy groups -OCH3 is 1. The Morgan fingerprint density at radius 1 is 1.09 bits per heavy atom. The van der Waals surface area contributed by atoms with E-state index in [1.807, 2.05) is 41.0 Å². The summed E-state index contributed by atoms with van der Waals surface area (Å²) in [5.74, 6) is 1.42. The number of rotatable bonds is 9. The van der Waals surface area contributed by atoms with Crippen LogP contribution in [0.1, 0.15) is 20.3 Å². The molecule has 2 heterocycles. The zero-order valence-electron chi connectivity index (χ0n) is 18.2. The molecule has 3 rings (SSSR count). The maximum Gasteiger partial charge on any atom is 0.321 e. The van der Waals surface area contributed by atoms with Crippen molar-refractivity contribution in [3.63, 3.8) is 0 Å². The molecular formula is C22H26N6O3S. The Balaban J connectivity index is 1.74. The predicted octanol–water partition coefficient (Wildman–Crippen LogP) is 3.30. The maximum absolute atomic E-state index is 12.3. The molecule has 0 bridgehead atoms.